The molecule has 1 fully saturated rings. The van der Waals surface area contributed by atoms with Crippen LogP contribution in [0.4, 0.5) is 0 Å². The van der Waals surface area contributed by atoms with E-state index < -0.39 is 10.0 Å². The Labute approximate surface area is 199 Å². The minimum absolute atomic E-state index is 0.0944. The Bertz CT molecular complexity index is 1110. The highest BCUT2D eigenvalue weighted by molar-refractivity contribution is 7.89. The van der Waals surface area contributed by atoms with Crippen molar-refractivity contribution in [1.82, 2.24) is 4.31 Å². The lowest BCUT2D eigenvalue weighted by atomic mass is 10.2. The average molecular weight is 488 g/mol. The third-order valence-electron chi connectivity index (χ3n) is 5.63. The number of hydrogen-bond donors (Lipinski definition) is 0. The molecule has 0 radical (unpaired) electrons. The van der Waals surface area contributed by atoms with E-state index in [4.69, 9.17) is 14.2 Å². The Hall–Kier alpha value is -2.39. The molecule has 0 saturated carbocycles. The highest BCUT2D eigenvalue weighted by Gasteiger charge is 2.29. The summed E-state index contributed by atoms with van der Waals surface area (Å²) in [4.78, 5) is 0.240. The van der Waals surface area contributed by atoms with E-state index >= 15 is 0 Å². The van der Waals surface area contributed by atoms with Gasteiger partial charge in [-0.3, -0.25) is 0 Å². The van der Waals surface area contributed by atoms with E-state index in [0.717, 1.165) is 30.6 Å². The molecular formula is C25H29NO5S2. The fourth-order valence-electron chi connectivity index (χ4n) is 3.82. The first-order valence-electron chi connectivity index (χ1n) is 11.0. The first-order chi connectivity index (χ1) is 16.0. The Kier molecular flexibility index (Phi) is 8.03. The number of thiophene rings is 1. The van der Waals surface area contributed by atoms with Crippen LogP contribution >= 0.6 is 11.3 Å². The van der Waals surface area contributed by atoms with Gasteiger partial charge in [0.1, 0.15) is 11.5 Å². The van der Waals surface area contributed by atoms with Gasteiger partial charge >= 0.3 is 0 Å². The number of ether oxygens (including phenoxy) is 3. The van der Waals surface area contributed by atoms with Crippen LogP contribution in [0.3, 0.4) is 0 Å². The molecule has 6 nitrogen and oxygen atoms in total. The molecule has 2 heterocycles. The first kappa shape index (κ1) is 23.8. The zero-order valence-electron chi connectivity index (χ0n) is 18.7. The third-order valence-corrected chi connectivity index (χ3v) is 8.18. The minimum atomic E-state index is -3.71. The van der Waals surface area contributed by atoms with E-state index in [-0.39, 0.29) is 17.5 Å². The summed E-state index contributed by atoms with van der Waals surface area (Å²) in [5, 5.41) is 4.18. The molecule has 2 aromatic carbocycles. The van der Waals surface area contributed by atoms with Gasteiger partial charge in [-0.05, 0) is 77.2 Å². The van der Waals surface area contributed by atoms with Crippen LogP contribution in [0.15, 0.2) is 70.3 Å². The van der Waals surface area contributed by atoms with E-state index in [1.54, 1.807) is 42.7 Å². The van der Waals surface area contributed by atoms with Gasteiger partial charge in [-0.2, -0.15) is 15.6 Å². The summed E-state index contributed by atoms with van der Waals surface area (Å²) in [6, 6.07) is 16.2. The van der Waals surface area contributed by atoms with Gasteiger partial charge in [-0.15, -0.1) is 0 Å². The lowest BCUT2D eigenvalue weighted by Crippen LogP contribution is -2.37. The third kappa shape index (κ3) is 6.35. The monoisotopic (exact) mass is 487 g/mol. The SMILES string of the molecule is COc1ccc(S(=O)(=O)N(Cc2cccc(OCCc3ccsc3)c2)C[C@H]2CCCO2)cc1. The smallest absolute Gasteiger partial charge is 0.243 e. The van der Waals surface area contributed by atoms with Crippen LogP contribution in [0.1, 0.15) is 24.0 Å². The lowest BCUT2D eigenvalue weighted by Gasteiger charge is -2.25. The van der Waals surface area contributed by atoms with Crippen LogP contribution in [0.5, 0.6) is 11.5 Å². The molecule has 0 amide bonds. The van der Waals surface area contributed by atoms with Crippen LogP contribution in [0.25, 0.3) is 0 Å². The molecular weight excluding hydrogens is 458 g/mol. The average Bonchev–Trinajstić information content (AvgIpc) is 3.53. The van der Waals surface area contributed by atoms with Gasteiger partial charge in [0, 0.05) is 26.1 Å². The molecule has 1 atom stereocenters. The summed E-state index contributed by atoms with van der Waals surface area (Å²) in [7, 11) is -2.15. The number of methoxy groups -OCH3 is 1. The van der Waals surface area contributed by atoms with E-state index in [9.17, 15) is 8.42 Å². The fourth-order valence-corrected chi connectivity index (χ4v) is 5.98. The molecule has 1 aliphatic heterocycles. The predicted molar refractivity (Wildman–Crippen MR) is 130 cm³/mol. The number of sulfonamides is 1. The number of hydrogen-bond acceptors (Lipinski definition) is 6. The van der Waals surface area contributed by atoms with Crippen molar-refractivity contribution in [2.45, 2.75) is 36.8 Å². The number of nitrogens with zero attached hydrogens (tertiary/aromatic N) is 1. The molecule has 4 rings (SSSR count). The van der Waals surface area contributed by atoms with Crippen molar-refractivity contribution < 1.29 is 22.6 Å². The summed E-state index contributed by atoms with van der Waals surface area (Å²) in [5.74, 6) is 1.36. The molecule has 1 saturated heterocycles. The number of benzene rings is 2. The minimum Gasteiger partial charge on any atom is -0.497 e. The van der Waals surface area contributed by atoms with Crippen LogP contribution in [-0.4, -0.2) is 45.7 Å². The summed E-state index contributed by atoms with van der Waals surface area (Å²) in [5.41, 5.74) is 2.13. The molecule has 0 bridgehead atoms. The van der Waals surface area contributed by atoms with Gasteiger partial charge in [0.15, 0.2) is 0 Å². The van der Waals surface area contributed by atoms with Gasteiger partial charge in [-0.1, -0.05) is 12.1 Å². The molecule has 0 aliphatic carbocycles. The van der Waals surface area contributed by atoms with Gasteiger partial charge in [0.25, 0.3) is 0 Å². The predicted octanol–water partition coefficient (Wildman–Crippen LogP) is 4.75. The van der Waals surface area contributed by atoms with Gasteiger partial charge in [0.05, 0.1) is 24.7 Å². The van der Waals surface area contributed by atoms with Crippen molar-refractivity contribution in [1.29, 1.82) is 0 Å². The second kappa shape index (κ2) is 11.2. The van der Waals surface area contributed by atoms with Gasteiger partial charge in [-0.25, -0.2) is 8.42 Å². The Morgan fingerprint density at radius 3 is 2.64 bits per heavy atom. The Morgan fingerprint density at radius 2 is 1.94 bits per heavy atom. The zero-order chi connectivity index (χ0) is 23.1. The van der Waals surface area contributed by atoms with E-state index in [1.807, 2.05) is 24.3 Å². The second-order valence-corrected chi connectivity index (χ2v) is 10.7. The van der Waals surface area contributed by atoms with Crippen molar-refractivity contribution in [3.8, 4) is 11.5 Å². The standard InChI is InChI=1S/C25H29NO5S2/c1-29-22-7-9-25(10-8-22)33(27,28)26(18-24-6-3-13-30-24)17-21-4-2-5-23(16-21)31-14-11-20-12-15-32-19-20/h2,4-5,7-10,12,15-16,19,24H,3,6,11,13-14,17-18H2,1H3/t24-/m1/s1. The van der Waals surface area contributed by atoms with Crippen molar-refractivity contribution in [2.24, 2.45) is 0 Å². The van der Waals surface area contributed by atoms with Crippen molar-refractivity contribution in [3.05, 3.63) is 76.5 Å². The summed E-state index contributed by atoms with van der Waals surface area (Å²) in [6.45, 7) is 1.81. The number of rotatable bonds is 11. The highest BCUT2D eigenvalue weighted by Crippen LogP contribution is 2.25. The topological polar surface area (TPSA) is 65.1 Å². The normalized spacial score (nSPS) is 16.2. The van der Waals surface area contributed by atoms with Crippen LogP contribution in [0, 0.1) is 0 Å². The van der Waals surface area contributed by atoms with Crippen molar-refractivity contribution in [3.63, 3.8) is 0 Å². The highest BCUT2D eigenvalue weighted by atomic mass is 32.2. The molecule has 1 aliphatic rings. The van der Waals surface area contributed by atoms with Gasteiger partial charge in [0.2, 0.25) is 10.0 Å². The van der Waals surface area contributed by atoms with Gasteiger partial charge < -0.3 is 14.2 Å². The molecule has 1 aromatic heterocycles. The van der Waals surface area contributed by atoms with Crippen molar-refractivity contribution in [2.75, 3.05) is 26.9 Å². The van der Waals surface area contributed by atoms with E-state index in [0.29, 0.717) is 25.5 Å². The largest absolute Gasteiger partial charge is 0.497 e. The van der Waals surface area contributed by atoms with Crippen LogP contribution in [0.2, 0.25) is 0 Å². The zero-order valence-corrected chi connectivity index (χ0v) is 20.3. The van der Waals surface area contributed by atoms with Crippen molar-refractivity contribution >= 4 is 21.4 Å². The summed E-state index contributed by atoms with van der Waals surface area (Å²) < 4.78 is 45.4. The quantitative estimate of drug-likeness (QED) is 0.391. The Morgan fingerprint density at radius 1 is 1.09 bits per heavy atom. The first-order valence-corrected chi connectivity index (χ1v) is 13.4. The van der Waals surface area contributed by atoms with E-state index in [1.165, 1.54) is 9.87 Å². The van der Waals surface area contributed by atoms with Crippen LogP contribution in [-0.2, 0) is 27.7 Å². The Balaban J connectivity index is 1.49. The maximum Gasteiger partial charge on any atom is 0.243 e. The molecule has 0 unspecified atom stereocenters. The maximum absolute atomic E-state index is 13.5. The molecule has 0 N–H and O–H groups in total. The summed E-state index contributed by atoms with van der Waals surface area (Å²) in [6.07, 6.45) is 2.56. The fraction of sp³-hybridized carbons (Fsp3) is 0.360. The second-order valence-electron chi connectivity index (χ2n) is 7.99. The van der Waals surface area contributed by atoms with E-state index in [2.05, 4.69) is 16.8 Å². The lowest BCUT2D eigenvalue weighted by molar-refractivity contribution is 0.0926. The maximum atomic E-state index is 13.5. The molecule has 3 aromatic rings. The van der Waals surface area contributed by atoms with Crippen LogP contribution < -0.4 is 9.47 Å². The molecule has 8 heteroatoms. The molecule has 176 valence electrons. The summed E-state index contributed by atoms with van der Waals surface area (Å²) >= 11 is 1.68. The molecule has 33 heavy (non-hydrogen) atoms. The molecule has 0 spiro atoms.